The third kappa shape index (κ3) is 12.1. The number of benzene rings is 5. The van der Waals surface area contributed by atoms with Gasteiger partial charge in [0.1, 0.15) is 25.4 Å². The van der Waals surface area contributed by atoms with Crippen LogP contribution < -0.4 is 21.3 Å². The van der Waals surface area contributed by atoms with Crippen molar-refractivity contribution in [1.82, 2.24) is 0 Å². The fourth-order valence-electron chi connectivity index (χ4n) is 5.15. The maximum atomic E-state index is 12.9. The first-order valence-corrected chi connectivity index (χ1v) is 16.9. The summed E-state index contributed by atoms with van der Waals surface area (Å²) in [5.74, 6) is -1.77. The van der Waals surface area contributed by atoms with E-state index in [9.17, 15) is 49.3 Å². The molecule has 0 saturated heterocycles. The highest BCUT2D eigenvalue weighted by molar-refractivity contribution is 5.95. The Morgan fingerprint density at radius 2 is 1.10 bits per heavy atom. The van der Waals surface area contributed by atoms with Gasteiger partial charge in [0.25, 0.3) is 11.4 Å². The van der Waals surface area contributed by atoms with Crippen LogP contribution in [-0.2, 0) is 45.2 Å². The molecule has 0 aliphatic rings. The highest BCUT2D eigenvalue weighted by Gasteiger charge is 2.21. The molecule has 0 saturated carbocycles. The number of non-ortho nitro benzene ring substituents is 1. The van der Waals surface area contributed by atoms with Gasteiger partial charge in [0.15, 0.2) is 0 Å². The minimum absolute atomic E-state index is 0.0827. The number of rotatable bonds is 15. The fourth-order valence-corrected chi connectivity index (χ4v) is 5.15. The van der Waals surface area contributed by atoms with E-state index in [-0.39, 0.29) is 53.9 Å². The van der Waals surface area contributed by atoms with Gasteiger partial charge >= 0.3 is 24.2 Å². The number of carboxylic acids is 1. The van der Waals surface area contributed by atoms with E-state index in [1.54, 1.807) is 24.3 Å². The molecule has 0 bridgehead atoms. The summed E-state index contributed by atoms with van der Waals surface area (Å²) in [7, 11) is 0. The van der Waals surface area contributed by atoms with Gasteiger partial charge in [-0.15, -0.1) is 0 Å². The molecule has 5 aromatic rings. The van der Waals surface area contributed by atoms with Crippen molar-refractivity contribution in [1.29, 1.82) is 0 Å². The van der Waals surface area contributed by atoms with E-state index in [0.29, 0.717) is 16.8 Å². The number of nitrogens with one attached hydrogen (secondary N) is 4. The number of carbonyl (C=O) groups is 5. The molecule has 0 radical (unpaired) electrons. The summed E-state index contributed by atoms with van der Waals surface area (Å²) in [5, 5.41) is 41.5. The molecule has 0 fully saturated rings. The minimum atomic E-state index is -1.58. The second kappa shape index (κ2) is 19.3. The van der Waals surface area contributed by atoms with E-state index < -0.39 is 52.0 Å². The smallest absolute Gasteiger partial charge is 0.411 e. The van der Waals surface area contributed by atoms with Crippen molar-refractivity contribution in [3.63, 3.8) is 0 Å². The molecule has 5 rings (SSSR count). The molecule has 0 unspecified atom stereocenters. The van der Waals surface area contributed by atoms with Crippen LogP contribution in [0.15, 0.2) is 115 Å². The van der Waals surface area contributed by atoms with Crippen LogP contribution in [0, 0.1) is 20.2 Å². The number of carbonyl (C=O) groups excluding carboxylic acids is 4. The SMILES string of the molecule is O=C(Cc1ccccc1)Nc1ccc(COC(=O)Nc2ccc(COC(=O)Nc3ccc([N+](=O)[O-])c(C(=O)O)c3)cc2COC(=O)Nc2ccc([N+](=O)[O-])cc2)cc1. The molecule has 5 N–H and O–H groups in total. The highest BCUT2D eigenvalue weighted by Crippen LogP contribution is 2.24. The van der Waals surface area contributed by atoms with Crippen molar-refractivity contribution in [3.8, 4) is 0 Å². The zero-order chi connectivity index (χ0) is 41.6. The van der Waals surface area contributed by atoms with Gasteiger partial charge in [0.05, 0.1) is 22.0 Å². The number of hydrogen-bond donors (Lipinski definition) is 5. The average Bonchev–Trinajstić information content (AvgIpc) is 3.20. The number of ether oxygens (including phenoxy) is 3. The summed E-state index contributed by atoms with van der Waals surface area (Å²) in [6.07, 6.45) is -2.64. The molecule has 0 aromatic heterocycles. The minimum Gasteiger partial charge on any atom is -0.477 e. The predicted octanol–water partition coefficient (Wildman–Crippen LogP) is 7.63. The molecule has 0 aliphatic heterocycles. The van der Waals surface area contributed by atoms with Crippen LogP contribution >= 0.6 is 0 Å². The molecule has 19 nitrogen and oxygen atoms in total. The summed E-state index contributed by atoms with van der Waals surface area (Å²) in [4.78, 5) is 82.5. The van der Waals surface area contributed by atoms with Crippen molar-refractivity contribution in [2.75, 3.05) is 21.3 Å². The maximum Gasteiger partial charge on any atom is 0.411 e. The van der Waals surface area contributed by atoms with Gasteiger partial charge in [-0.25, -0.2) is 19.2 Å². The summed E-state index contributed by atoms with van der Waals surface area (Å²) in [6, 6.07) is 28.3. The van der Waals surface area contributed by atoms with E-state index >= 15 is 0 Å². The molecule has 0 spiro atoms. The first kappa shape index (κ1) is 40.8. The zero-order valence-corrected chi connectivity index (χ0v) is 30.0. The Morgan fingerprint density at radius 1 is 0.552 bits per heavy atom. The number of nitrogens with zero attached hydrogens (tertiary/aromatic N) is 2. The van der Waals surface area contributed by atoms with Gasteiger partial charge in [-0.3, -0.25) is 41.0 Å². The number of nitro groups is 2. The highest BCUT2D eigenvalue weighted by atomic mass is 16.6. The number of aromatic carboxylic acids is 1. The summed E-state index contributed by atoms with van der Waals surface area (Å²) in [5.41, 5.74) is 1.39. The molecule has 0 aliphatic carbocycles. The lowest BCUT2D eigenvalue weighted by molar-refractivity contribution is -0.385. The molecule has 0 heterocycles. The Labute approximate surface area is 327 Å². The van der Waals surface area contributed by atoms with Crippen LogP contribution in [0.5, 0.6) is 0 Å². The van der Waals surface area contributed by atoms with Gasteiger partial charge in [0.2, 0.25) is 5.91 Å². The topological polar surface area (TPSA) is 268 Å². The Hall–Kier alpha value is -8.35. The van der Waals surface area contributed by atoms with Gasteiger partial charge in [-0.2, -0.15) is 0 Å². The monoisotopic (exact) mass is 792 g/mol. The molecular weight excluding hydrogens is 760 g/mol. The molecule has 296 valence electrons. The number of amides is 4. The van der Waals surface area contributed by atoms with Crippen LogP contribution in [0.3, 0.4) is 0 Å². The molecule has 4 amide bonds. The summed E-state index contributed by atoms with van der Waals surface area (Å²) in [6.45, 7) is -0.927. The normalized spacial score (nSPS) is 10.3. The van der Waals surface area contributed by atoms with E-state index in [4.69, 9.17) is 14.2 Å². The van der Waals surface area contributed by atoms with Gasteiger partial charge in [-0.05, 0) is 65.2 Å². The molecular formula is C39H32N6O13. The lowest BCUT2D eigenvalue weighted by atomic mass is 10.1. The van der Waals surface area contributed by atoms with Gasteiger partial charge < -0.3 is 24.6 Å². The average molecular weight is 793 g/mol. The number of anilines is 4. The van der Waals surface area contributed by atoms with Crippen molar-refractivity contribution < 1.29 is 53.1 Å². The quantitative estimate of drug-likeness (QED) is 0.0388. The predicted molar refractivity (Wildman–Crippen MR) is 206 cm³/mol. The van der Waals surface area contributed by atoms with E-state index in [1.165, 1.54) is 42.5 Å². The van der Waals surface area contributed by atoms with Crippen molar-refractivity contribution in [3.05, 3.63) is 163 Å². The molecule has 5 aromatic carbocycles. The Balaban J connectivity index is 1.21. The lowest BCUT2D eigenvalue weighted by Gasteiger charge is -2.15. The summed E-state index contributed by atoms with van der Waals surface area (Å²) < 4.78 is 15.9. The second-order valence-electron chi connectivity index (χ2n) is 12.1. The lowest BCUT2D eigenvalue weighted by Crippen LogP contribution is -2.18. The van der Waals surface area contributed by atoms with Crippen molar-refractivity contribution in [2.24, 2.45) is 0 Å². The number of nitro benzene ring substituents is 2. The van der Waals surface area contributed by atoms with Crippen LogP contribution in [0.1, 0.15) is 32.6 Å². The Morgan fingerprint density at radius 3 is 1.74 bits per heavy atom. The third-order valence-electron chi connectivity index (χ3n) is 7.94. The van der Waals surface area contributed by atoms with Crippen LogP contribution in [0.4, 0.5) is 48.5 Å². The second-order valence-corrected chi connectivity index (χ2v) is 12.1. The maximum absolute atomic E-state index is 12.9. The molecule has 19 heteroatoms. The van der Waals surface area contributed by atoms with Crippen LogP contribution in [0.25, 0.3) is 0 Å². The first-order chi connectivity index (χ1) is 27.8. The van der Waals surface area contributed by atoms with Gasteiger partial charge in [-0.1, -0.05) is 48.5 Å². The number of carboxylic acid groups (broad SMARTS) is 1. The van der Waals surface area contributed by atoms with E-state index in [1.807, 2.05) is 30.3 Å². The summed E-state index contributed by atoms with van der Waals surface area (Å²) >= 11 is 0. The van der Waals surface area contributed by atoms with Crippen LogP contribution in [0.2, 0.25) is 0 Å². The molecule has 58 heavy (non-hydrogen) atoms. The van der Waals surface area contributed by atoms with Crippen molar-refractivity contribution in [2.45, 2.75) is 26.2 Å². The number of hydrogen-bond acceptors (Lipinski definition) is 12. The third-order valence-corrected chi connectivity index (χ3v) is 7.94. The van der Waals surface area contributed by atoms with Crippen molar-refractivity contribution >= 4 is 64.3 Å². The van der Waals surface area contributed by atoms with Crippen LogP contribution in [-0.4, -0.2) is 45.1 Å². The largest absolute Gasteiger partial charge is 0.477 e. The first-order valence-electron chi connectivity index (χ1n) is 16.9. The zero-order valence-electron chi connectivity index (χ0n) is 30.0. The van der Waals surface area contributed by atoms with E-state index in [2.05, 4.69) is 21.3 Å². The standard InChI is InChI=1S/C39H32N6O13/c46-35(19-24-4-2-1-3-5-24)40-28-9-6-25(7-10-28)21-56-39(51)43-33-16-8-26(18-27(33)23-58-37(49)41-29-11-14-31(15-12-29)44(52)53)22-57-38(50)42-30-13-17-34(45(54)55)32(20-30)36(47)48/h1-18,20H,19,21-23H2,(H,40,46)(H,41,49)(H,42,50)(H,43,51)(H,47,48). The Kier molecular flexibility index (Phi) is 13.6. The molecule has 0 atom stereocenters. The Bertz CT molecular complexity index is 2340. The van der Waals surface area contributed by atoms with Gasteiger partial charge in [0, 0.05) is 40.8 Å². The fraction of sp³-hybridized carbons (Fsp3) is 0.103. The van der Waals surface area contributed by atoms with E-state index in [0.717, 1.165) is 23.8 Å².